The van der Waals surface area contributed by atoms with Crippen LogP contribution in [0.4, 0.5) is 5.82 Å². The number of fused-ring (bicyclic) bond motifs is 1. The van der Waals surface area contributed by atoms with Crippen molar-refractivity contribution in [1.82, 2.24) is 4.98 Å². The lowest BCUT2D eigenvalue weighted by atomic mass is 10.2. The fourth-order valence-corrected chi connectivity index (χ4v) is 1.82. The normalized spacial score (nSPS) is 10.9. The highest BCUT2D eigenvalue weighted by atomic mass is 16.5. The maximum Gasteiger partial charge on any atom is 0.227 e. The standard InChI is InChI=1S/C16H20N2O2/c1-12(2)11-20-10-9-16(19)18-15-8-7-13-5-3-4-6-14(13)17-15/h3-8,12H,9-11H2,1-2H3,(H,17,18,19). The monoisotopic (exact) mass is 272 g/mol. The van der Waals surface area contributed by atoms with Crippen molar-refractivity contribution in [2.45, 2.75) is 20.3 Å². The zero-order chi connectivity index (χ0) is 14.4. The first-order chi connectivity index (χ1) is 9.65. The molecule has 0 aliphatic heterocycles. The Hall–Kier alpha value is -1.94. The van der Waals surface area contributed by atoms with Gasteiger partial charge >= 0.3 is 0 Å². The SMILES string of the molecule is CC(C)COCCC(=O)Nc1ccc2ccccc2n1. The van der Waals surface area contributed by atoms with Crippen molar-refractivity contribution in [2.75, 3.05) is 18.5 Å². The summed E-state index contributed by atoms with van der Waals surface area (Å²) in [6.07, 6.45) is 0.348. The number of para-hydroxylation sites is 1. The average Bonchev–Trinajstić information content (AvgIpc) is 2.43. The van der Waals surface area contributed by atoms with E-state index in [9.17, 15) is 4.79 Å². The zero-order valence-corrected chi connectivity index (χ0v) is 11.9. The van der Waals surface area contributed by atoms with E-state index in [1.165, 1.54) is 0 Å². The molecule has 0 spiro atoms. The highest BCUT2D eigenvalue weighted by molar-refractivity contribution is 5.91. The van der Waals surface area contributed by atoms with E-state index in [0.717, 1.165) is 10.9 Å². The lowest BCUT2D eigenvalue weighted by molar-refractivity contribution is -0.117. The molecule has 0 fully saturated rings. The molecule has 0 radical (unpaired) electrons. The first-order valence-electron chi connectivity index (χ1n) is 6.88. The number of pyridine rings is 1. The minimum Gasteiger partial charge on any atom is -0.381 e. The summed E-state index contributed by atoms with van der Waals surface area (Å²) in [7, 11) is 0. The van der Waals surface area contributed by atoms with Crippen molar-refractivity contribution in [3.05, 3.63) is 36.4 Å². The Morgan fingerprint density at radius 3 is 2.85 bits per heavy atom. The van der Waals surface area contributed by atoms with Gasteiger partial charge < -0.3 is 10.1 Å². The molecule has 20 heavy (non-hydrogen) atoms. The molecule has 2 aromatic rings. The van der Waals surface area contributed by atoms with E-state index in [1.807, 2.05) is 36.4 Å². The number of amides is 1. The van der Waals surface area contributed by atoms with E-state index < -0.39 is 0 Å². The van der Waals surface area contributed by atoms with Gasteiger partial charge in [0, 0.05) is 12.0 Å². The van der Waals surface area contributed by atoms with Gasteiger partial charge in [-0.3, -0.25) is 4.79 Å². The lowest BCUT2D eigenvalue weighted by Gasteiger charge is -2.07. The number of nitrogens with one attached hydrogen (secondary N) is 1. The summed E-state index contributed by atoms with van der Waals surface area (Å²) in [6, 6.07) is 11.6. The van der Waals surface area contributed by atoms with Gasteiger partial charge in [-0.1, -0.05) is 32.0 Å². The molecular weight excluding hydrogens is 252 g/mol. The third kappa shape index (κ3) is 4.31. The molecule has 106 valence electrons. The molecule has 0 saturated heterocycles. The van der Waals surface area contributed by atoms with E-state index in [2.05, 4.69) is 24.1 Å². The molecule has 4 heteroatoms. The predicted molar refractivity (Wildman–Crippen MR) is 80.6 cm³/mol. The number of aromatic nitrogens is 1. The van der Waals surface area contributed by atoms with Crippen LogP contribution in [0.5, 0.6) is 0 Å². The van der Waals surface area contributed by atoms with Crippen molar-refractivity contribution >= 4 is 22.6 Å². The number of hydrogen-bond acceptors (Lipinski definition) is 3. The molecule has 0 bridgehead atoms. The quantitative estimate of drug-likeness (QED) is 0.821. The van der Waals surface area contributed by atoms with Gasteiger partial charge in [0.1, 0.15) is 5.82 Å². The Balaban J connectivity index is 1.86. The molecular formula is C16H20N2O2. The molecule has 2 rings (SSSR count). The van der Waals surface area contributed by atoms with Gasteiger partial charge in [0.2, 0.25) is 5.91 Å². The van der Waals surface area contributed by atoms with Crippen LogP contribution in [0.25, 0.3) is 10.9 Å². The van der Waals surface area contributed by atoms with Gasteiger partial charge in [-0.15, -0.1) is 0 Å². The third-order valence-corrected chi connectivity index (χ3v) is 2.79. The molecule has 1 N–H and O–H groups in total. The maximum absolute atomic E-state index is 11.8. The lowest BCUT2D eigenvalue weighted by Crippen LogP contribution is -2.16. The Morgan fingerprint density at radius 1 is 1.25 bits per heavy atom. The highest BCUT2D eigenvalue weighted by Crippen LogP contribution is 2.14. The first-order valence-corrected chi connectivity index (χ1v) is 6.88. The summed E-state index contributed by atoms with van der Waals surface area (Å²) in [4.78, 5) is 16.2. The van der Waals surface area contributed by atoms with Gasteiger partial charge in [-0.05, 0) is 24.1 Å². The Labute approximate surface area is 119 Å². The molecule has 1 amide bonds. The number of nitrogens with zero attached hydrogens (tertiary/aromatic N) is 1. The fraction of sp³-hybridized carbons (Fsp3) is 0.375. The van der Waals surface area contributed by atoms with Crippen molar-refractivity contribution < 1.29 is 9.53 Å². The molecule has 1 aromatic carbocycles. The summed E-state index contributed by atoms with van der Waals surface area (Å²) >= 11 is 0. The molecule has 4 nitrogen and oxygen atoms in total. The first kappa shape index (κ1) is 14.5. The van der Waals surface area contributed by atoms with Gasteiger partial charge in [0.25, 0.3) is 0 Å². The smallest absolute Gasteiger partial charge is 0.227 e. The topological polar surface area (TPSA) is 51.2 Å². The number of ether oxygens (including phenoxy) is 1. The van der Waals surface area contributed by atoms with Crippen LogP contribution in [-0.4, -0.2) is 24.1 Å². The van der Waals surface area contributed by atoms with Crippen LogP contribution >= 0.6 is 0 Å². The van der Waals surface area contributed by atoms with Gasteiger partial charge in [-0.2, -0.15) is 0 Å². The third-order valence-electron chi connectivity index (χ3n) is 2.79. The molecule has 0 unspecified atom stereocenters. The summed E-state index contributed by atoms with van der Waals surface area (Å²) in [5.74, 6) is 0.995. The predicted octanol–water partition coefficient (Wildman–Crippen LogP) is 3.24. The van der Waals surface area contributed by atoms with E-state index in [1.54, 1.807) is 0 Å². The fourth-order valence-electron chi connectivity index (χ4n) is 1.82. The number of anilines is 1. The molecule has 0 aliphatic rings. The molecule has 1 aromatic heterocycles. The van der Waals surface area contributed by atoms with E-state index in [-0.39, 0.29) is 5.91 Å². The van der Waals surface area contributed by atoms with Crippen molar-refractivity contribution in [2.24, 2.45) is 5.92 Å². The highest BCUT2D eigenvalue weighted by Gasteiger charge is 2.04. The molecule has 1 heterocycles. The molecule has 0 saturated carbocycles. The number of rotatable bonds is 6. The zero-order valence-electron chi connectivity index (χ0n) is 11.9. The number of benzene rings is 1. The van der Waals surface area contributed by atoms with E-state index in [4.69, 9.17) is 4.74 Å². The van der Waals surface area contributed by atoms with Crippen LogP contribution in [0.2, 0.25) is 0 Å². The van der Waals surface area contributed by atoms with Crippen LogP contribution in [0.1, 0.15) is 20.3 Å². The summed E-state index contributed by atoms with van der Waals surface area (Å²) in [5.41, 5.74) is 0.876. The Bertz CT molecular complexity index is 581. The molecule has 0 atom stereocenters. The van der Waals surface area contributed by atoms with Crippen molar-refractivity contribution in [3.8, 4) is 0 Å². The van der Waals surface area contributed by atoms with Gasteiger partial charge in [0.05, 0.1) is 18.5 Å². The van der Waals surface area contributed by atoms with Crippen molar-refractivity contribution in [3.63, 3.8) is 0 Å². The summed E-state index contributed by atoms with van der Waals surface area (Å²) < 4.78 is 5.39. The van der Waals surface area contributed by atoms with Gasteiger partial charge in [0.15, 0.2) is 0 Å². The second-order valence-corrected chi connectivity index (χ2v) is 5.16. The van der Waals surface area contributed by atoms with Gasteiger partial charge in [-0.25, -0.2) is 4.98 Å². The number of carbonyl (C=O) groups excluding carboxylic acids is 1. The van der Waals surface area contributed by atoms with Crippen LogP contribution in [0.3, 0.4) is 0 Å². The maximum atomic E-state index is 11.8. The second kappa shape index (κ2) is 7.01. The minimum absolute atomic E-state index is 0.0727. The average molecular weight is 272 g/mol. The van der Waals surface area contributed by atoms with E-state index >= 15 is 0 Å². The minimum atomic E-state index is -0.0727. The number of carbonyl (C=O) groups is 1. The summed E-state index contributed by atoms with van der Waals surface area (Å²) in [6.45, 7) is 5.29. The van der Waals surface area contributed by atoms with Crippen LogP contribution in [-0.2, 0) is 9.53 Å². The van der Waals surface area contributed by atoms with Crippen LogP contribution in [0.15, 0.2) is 36.4 Å². The Kier molecular flexibility index (Phi) is 5.07. The Morgan fingerprint density at radius 2 is 2.05 bits per heavy atom. The van der Waals surface area contributed by atoms with Crippen LogP contribution in [0, 0.1) is 5.92 Å². The second-order valence-electron chi connectivity index (χ2n) is 5.16. The van der Waals surface area contributed by atoms with E-state index in [0.29, 0.717) is 31.4 Å². The summed E-state index contributed by atoms with van der Waals surface area (Å²) in [5, 5.41) is 3.85. The number of hydrogen-bond donors (Lipinski definition) is 1. The molecule has 0 aliphatic carbocycles. The van der Waals surface area contributed by atoms with Crippen LogP contribution < -0.4 is 5.32 Å². The van der Waals surface area contributed by atoms with Crippen molar-refractivity contribution in [1.29, 1.82) is 0 Å². The largest absolute Gasteiger partial charge is 0.381 e.